The van der Waals surface area contributed by atoms with Gasteiger partial charge in [0.25, 0.3) is 0 Å². The number of fused-ring (bicyclic) bond motifs is 1. The zero-order chi connectivity index (χ0) is 18.4. The van der Waals surface area contributed by atoms with Crippen LogP contribution in [0.1, 0.15) is 30.5 Å². The Morgan fingerprint density at radius 1 is 1.12 bits per heavy atom. The van der Waals surface area contributed by atoms with E-state index in [0.717, 1.165) is 23.9 Å². The number of para-hydroxylation sites is 1. The summed E-state index contributed by atoms with van der Waals surface area (Å²) in [6.07, 6.45) is 7.38. The second-order valence-electron chi connectivity index (χ2n) is 7.07. The summed E-state index contributed by atoms with van der Waals surface area (Å²) in [4.78, 5) is 15.3. The minimum absolute atomic E-state index is 0.0592. The summed E-state index contributed by atoms with van der Waals surface area (Å²) in [5.41, 5.74) is 4.74. The van der Waals surface area contributed by atoms with Crippen molar-refractivity contribution >= 4 is 22.9 Å². The predicted molar refractivity (Wildman–Crippen MR) is 109 cm³/mol. The molecule has 0 saturated heterocycles. The maximum Gasteiger partial charge on any atom is 0.244 e. The summed E-state index contributed by atoms with van der Waals surface area (Å²) in [5.74, 6) is 0.593. The van der Waals surface area contributed by atoms with Crippen LogP contribution < -0.4 is 5.32 Å². The summed E-state index contributed by atoms with van der Waals surface area (Å²) in [6.45, 7) is 5.06. The minimum atomic E-state index is -0.0592. The Kier molecular flexibility index (Phi) is 5.90. The molecule has 3 nitrogen and oxygen atoms in total. The third-order valence-electron chi connectivity index (χ3n) is 4.42. The number of carbonyl (C=O) groups is 1. The molecule has 0 saturated carbocycles. The molecule has 1 heterocycles. The summed E-state index contributed by atoms with van der Waals surface area (Å²) in [5, 5.41) is 4.17. The monoisotopic (exact) mass is 346 g/mol. The van der Waals surface area contributed by atoms with Gasteiger partial charge in [-0.15, -0.1) is 0 Å². The van der Waals surface area contributed by atoms with Gasteiger partial charge in [-0.2, -0.15) is 0 Å². The zero-order valence-electron chi connectivity index (χ0n) is 15.5. The van der Waals surface area contributed by atoms with Gasteiger partial charge in [0.05, 0.1) is 0 Å². The van der Waals surface area contributed by atoms with Crippen molar-refractivity contribution in [3.05, 3.63) is 77.5 Å². The van der Waals surface area contributed by atoms with E-state index in [4.69, 9.17) is 0 Å². The van der Waals surface area contributed by atoms with Crippen molar-refractivity contribution in [2.45, 2.75) is 26.7 Å². The van der Waals surface area contributed by atoms with E-state index in [2.05, 4.69) is 60.5 Å². The normalized spacial score (nSPS) is 11.5. The lowest BCUT2D eigenvalue weighted by molar-refractivity contribution is -0.116. The van der Waals surface area contributed by atoms with Gasteiger partial charge < -0.3 is 10.3 Å². The van der Waals surface area contributed by atoms with Gasteiger partial charge in [0.1, 0.15) is 0 Å². The largest absolute Gasteiger partial charge is 0.361 e. The third-order valence-corrected chi connectivity index (χ3v) is 4.42. The molecule has 0 unspecified atom stereocenters. The van der Waals surface area contributed by atoms with Crippen LogP contribution in [-0.4, -0.2) is 17.4 Å². The van der Waals surface area contributed by atoms with E-state index < -0.39 is 0 Å². The van der Waals surface area contributed by atoms with E-state index in [0.29, 0.717) is 12.5 Å². The van der Waals surface area contributed by atoms with E-state index >= 15 is 0 Å². The Balaban J connectivity index is 1.48. The Morgan fingerprint density at radius 2 is 1.88 bits per heavy atom. The number of H-pyrrole nitrogens is 1. The molecule has 0 fully saturated rings. The van der Waals surface area contributed by atoms with E-state index in [-0.39, 0.29) is 5.91 Å². The van der Waals surface area contributed by atoms with E-state index in [1.165, 1.54) is 16.5 Å². The summed E-state index contributed by atoms with van der Waals surface area (Å²) < 4.78 is 0. The molecule has 0 bridgehead atoms. The number of hydrogen-bond donors (Lipinski definition) is 2. The summed E-state index contributed by atoms with van der Waals surface area (Å²) in [7, 11) is 0. The van der Waals surface area contributed by atoms with Crippen LogP contribution in [0.5, 0.6) is 0 Å². The molecule has 2 N–H and O–H groups in total. The number of amides is 1. The van der Waals surface area contributed by atoms with Crippen molar-refractivity contribution in [2.75, 3.05) is 6.54 Å². The maximum atomic E-state index is 12.0. The van der Waals surface area contributed by atoms with Crippen LogP contribution in [-0.2, 0) is 17.6 Å². The topological polar surface area (TPSA) is 44.9 Å². The highest BCUT2D eigenvalue weighted by atomic mass is 16.1. The molecule has 0 aliphatic heterocycles. The summed E-state index contributed by atoms with van der Waals surface area (Å²) >= 11 is 0. The van der Waals surface area contributed by atoms with Gasteiger partial charge in [0.2, 0.25) is 5.91 Å². The Bertz CT molecular complexity index is 888. The minimum Gasteiger partial charge on any atom is -0.361 e. The summed E-state index contributed by atoms with van der Waals surface area (Å²) in [6, 6.07) is 16.6. The maximum absolute atomic E-state index is 12.0. The molecule has 3 heteroatoms. The fourth-order valence-electron chi connectivity index (χ4n) is 3.13. The molecule has 0 spiro atoms. The van der Waals surface area contributed by atoms with Gasteiger partial charge in [-0.25, -0.2) is 0 Å². The van der Waals surface area contributed by atoms with Crippen molar-refractivity contribution < 1.29 is 4.79 Å². The van der Waals surface area contributed by atoms with Gasteiger partial charge in [-0.1, -0.05) is 56.3 Å². The van der Waals surface area contributed by atoms with Gasteiger partial charge in [-0.3, -0.25) is 4.79 Å². The van der Waals surface area contributed by atoms with Crippen LogP contribution in [0.4, 0.5) is 0 Å². The van der Waals surface area contributed by atoms with E-state index in [9.17, 15) is 4.79 Å². The number of aromatic amines is 1. The van der Waals surface area contributed by atoms with Crippen molar-refractivity contribution in [1.29, 1.82) is 0 Å². The lowest BCUT2D eigenvalue weighted by Gasteiger charge is -2.05. The average Bonchev–Trinajstić information content (AvgIpc) is 3.04. The highest BCUT2D eigenvalue weighted by Crippen LogP contribution is 2.17. The number of aromatic nitrogens is 1. The van der Waals surface area contributed by atoms with Crippen molar-refractivity contribution in [3.8, 4) is 0 Å². The second kappa shape index (κ2) is 8.52. The Morgan fingerprint density at radius 3 is 2.65 bits per heavy atom. The average molecular weight is 346 g/mol. The van der Waals surface area contributed by atoms with Crippen molar-refractivity contribution in [2.24, 2.45) is 5.92 Å². The zero-order valence-corrected chi connectivity index (χ0v) is 15.5. The molecule has 0 atom stereocenters. The SMILES string of the molecule is CC(C)Cc1ccc(C=CC(=O)NCCc2c[nH]c3ccccc23)cc1. The molecular weight excluding hydrogens is 320 g/mol. The van der Waals surface area contributed by atoms with Gasteiger partial charge in [-0.05, 0) is 47.6 Å². The molecule has 1 aromatic heterocycles. The molecule has 26 heavy (non-hydrogen) atoms. The highest BCUT2D eigenvalue weighted by Gasteiger charge is 2.03. The van der Waals surface area contributed by atoms with E-state index in [1.54, 1.807) is 6.08 Å². The smallest absolute Gasteiger partial charge is 0.244 e. The first-order valence-electron chi connectivity index (χ1n) is 9.21. The quantitative estimate of drug-likeness (QED) is 0.596. The fraction of sp³-hybridized carbons (Fsp3) is 0.261. The van der Waals surface area contributed by atoms with Gasteiger partial charge in [0.15, 0.2) is 0 Å². The van der Waals surface area contributed by atoms with Crippen LogP contribution in [0.2, 0.25) is 0 Å². The van der Waals surface area contributed by atoms with Gasteiger partial charge in [0, 0.05) is 29.7 Å². The molecule has 3 rings (SSSR count). The number of benzene rings is 2. The lowest BCUT2D eigenvalue weighted by atomic mass is 10.0. The number of nitrogens with one attached hydrogen (secondary N) is 2. The molecule has 0 aliphatic carbocycles. The molecule has 2 aromatic carbocycles. The van der Waals surface area contributed by atoms with Crippen LogP contribution in [0.15, 0.2) is 60.8 Å². The standard InChI is InChI=1S/C23H26N2O/c1-17(2)15-19-9-7-18(8-10-19)11-12-23(26)24-14-13-20-16-25-22-6-4-3-5-21(20)22/h3-12,16-17,25H,13-15H2,1-2H3,(H,24,26). The molecular formula is C23H26N2O. The molecule has 0 aliphatic rings. The van der Waals surface area contributed by atoms with E-state index in [1.807, 2.05) is 24.4 Å². The second-order valence-corrected chi connectivity index (χ2v) is 7.07. The first-order valence-corrected chi connectivity index (χ1v) is 9.21. The van der Waals surface area contributed by atoms with Crippen molar-refractivity contribution in [3.63, 3.8) is 0 Å². The first-order chi connectivity index (χ1) is 12.6. The molecule has 1 amide bonds. The van der Waals surface area contributed by atoms with Gasteiger partial charge >= 0.3 is 0 Å². The highest BCUT2D eigenvalue weighted by molar-refractivity contribution is 5.91. The van der Waals surface area contributed by atoms with Crippen LogP contribution >= 0.6 is 0 Å². The Hall–Kier alpha value is -2.81. The number of rotatable bonds is 7. The first kappa shape index (κ1) is 18.0. The third kappa shape index (κ3) is 4.85. The molecule has 0 radical (unpaired) electrons. The predicted octanol–water partition coefficient (Wildman–Crippen LogP) is 4.74. The van der Waals surface area contributed by atoms with Crippen LogP contribution in [0.3, 0.4) is 0 Å². The van der Waals surface area contributed by atoms with Crippen LogP contribution in [0.25, 0.3) is 17.0 Å². The molecule has 3 aromatic rings. The number of hydrogen-bond acceptors (Lipinski definition) is 1. The van der Waals surface area contributed by atoms with Crippen molar-refractivity contribution in [1.82, 2.24) is 10.3 Å². The lowest BCUT2D eigenvalue weighted by Crippen LogP contribution is -2.23. The number of carbonyl (C=O) groups excluding carboxylic acids is 1. The Labute approximate surface area is 155 Å². The van der Waals surface area contributed by atoms with Crippen LogP contribution in [0, 0.1) is 5.92 Å². The molecule has 134 valence electrons. The fourth-order valence-corrected chi connectivity index (χ4v) is 3.13.